The highest BCUT2D eigenvalue weighted by Gasteiger charge is 2.33. The van der Waals surface area contributed by atoms with E-state index in [9.17, 15) is 18.0 Å². The summed E-state index contributed by atoms with van der Waals surface area (Å²) in [5.74, 6) is -0.204. The molecular weight excluding hydrogens is 344 g/mol. The fourth-order valence-corrected chi connectivity index (χ4v) is 2.10. The van der Waals surface area contributed by atoms with Crippen LogP contribution in [0.5, 0.6) is 17.2 Å². The lowest BCUT2D eigenvalue weighted by atomic mass is 10.2. The molecular formula is C14H7Cl2F3O3. The first-order valence-electron chi connectivity index (χ1n) is 5.76. The van der Waals surface area contributed by atoms with Gasteiger partial charge in [-0.3, -0.25) is 4.79 Å². The molecule has 0 aromatic heterocycles. The van der Waals surface area contributed by atoms with Crippen molar-refractivity contribution in [2.45, 2.75) is 6.36 Å². The van der Waals surface area contributed by atoms with Crippen LogP contribution in [-0.4, -0.2) is 12.6 Å². The molecule has 8 heteroatoms. The third-order valence-electron chi connectivity index (χ3n) is 2.44. The topological polar surface area (TPSA) is 35.5 Å². The van der Waals surface area contributed by atoms with Crippen LogP contribution in [0.1, 0.15) is 10.4 Å². The van der Waals surface area contributed by atoms with Crippen LogP contribution in [-0.2, 0) is 0 Å². The van der Waals surface area contributed by atoms with Gasteiger partial charge in [0, 0.05) is 17.7 Å². The number of benzene rings is 2. The SMILES string of the molecule is O=Cc1ccc(Oc2cc(Cl)c(OC(F)(F)F)c(Cl)c2)cc1. The van der Waals surface area contributed by atoms with E-state index in [0.29, 0.717) is 17.6 Å². The summed E-state index contributed by atoms with van der Waals surface area (Å²) in [6.45, 7) is 0. The zero-order chi connectivity index (χ0) is 16.3. The van der Waals surface area contributed by atoms with E-state index in [1.807, 2.05) is 0 Å². The van der Waals surface area contributed by atoms with E-state index in [1.165, 1.54) is 24.3 Å². The third kappa shape index (κ3) is 4.29. The molecule has 0 saturated heterocycles. The fraction of sp³-hybridized carbons (Fsp3) is 0.0714. The molecule has 0 spiro atoms. The Kier molecular flexibility index (Phi) is 4.83. The first-order chi connectivity index (χ1) is 10.3. The van der Waals surface area contributed by atoms with Gasteiger partial charge >= 0.3 is 6.36 Å². The van der Waals surface area contributed by atoms with Gasteiger partial charge in [0.05, 0.1) is 10.0 Å². The van der Waals surface area contributed by atoms with Crippen LogP contribution in [0, 0.1) is 0 Å². The first kappa shape index (κ1) is 16.5. The van der Waals surface area contributed by atoms with Crippen molar-refractivity contribution in [3.8, 4) is 17.2 Å². The molecule has 0 fully saturated rings. The molecule has 0 N–H and O–H groups in total. The molecule has 0 aliphatic rings. The fourth-order valence-electron chi connectivity index (χ4n) is 1.56. The van der Waals surface area contributed by atoms with Crippen LogP contribution >= 0.6 is 23.2 Å². The van der Waals surface area contributed by atoms with Crippen LogP contribution < -0.4 is 9.47 Å². The maximum absolute atomic E-state index is 12.2. The molecule has 2 rings (SSSR count). The van der Waals surface area contributed by atoms with Gasteiger partial charge in [0.1, 0.15) is 17.8 Å². The van der Waals surface area contributed by atoms with E-state index >= 15 is 0 Å². The van der Waals surface area contributed by atoms with Gasteiger partial charge in [-0.2, -0.15) is 0 Å². The van der Waals surface area contributed by atoms with Crippen molar-refractivity contribution in [2.24, 2.45) is 0 Å². The number of alkyl halides is 3. The number of carbonyl (C=O) groups excluding carboxylic acids is 1. The van der Waals surface area contributed by atoms with E-state index in [2.05, 4.69) is 4.74 Å². The molecule has 3 nitrogen and oxygen atoms in total. The van der Waals surface area contributed by atoms with Crippen LogP contribution in [0.4, 0.5) is 13.2 Å². The number of aldehydes is 1. The molecule has 116 valence electrons. The van der Waals surface area contributed by atoms with Gasteiger partial charge < -0.3 is 9.47 Å². The van der Waals surface area contributed by atoms with E-state index in [4.69, 9.17) is 27.9 Å². The zero-order valence-electron chi connectivity index (χ0n) is 10.7. The standard InChI is InChI=1S/C14H7Cl2F3O3/c15-11-5-10(6-12(16)13(11)22-14(17,18)19)21-9-3-1-8(7-20)2-4-9/h1-7H. The lowest BCUT2D eigenvalue weighted by Gasteiger charge is -2.13. The average molecular weight is 351 g/mol. The quantitative estimate of drug-likeness (QED) is 0.683. The summed E-state index contributed by atoms with van der Waals surface area (Å²) in [4.78, 5) is 10.5. The zero-order valence-corrected chi connectivity index (χ0v) is 12.2. The van der Waals surface area contributed by atoms with Crippen molar-refractivity contribution in [2.75, 3.05) is 0 Å². The number of hydrogen-bond donors (Lipinski definition) is 0. The van der Waals surface area contributed by atoms with Crippen LogP contribution in [0.3, 0.4) is 0 Å². The van der Waals surface area contributed by atoms with Crippen LogP contribution in [0.25, 0.3) is 0 Å². The van der Waals surface area contributed by atoms with E-state index < -0.39 is 12.1 Å². The molecule has 0 aliphatic carbocycles. The van der Waals surface area contributed by atoms with E-state index in [0.717, 1.165) is 12.1 Å². The summed E-state index contributed by atoms with van der Waals surface area (Å²) in [5, 5.41) is -0.686. The third-order valence-corrected chi connectivity index (χ3v) is 3.00. The molecule has 0 saturated carbocycles. The summed E-state index contributed by atoms with van der Waals surface area (Å²) in [6.07, 6.45) is -4.24. The molecule has 0 aliphatic heterocycles. The Bertz CT molecular complexity index is 662. The smallest absolute Gasteiger partial charge is 0.457 e. The number of halogens is 5. The number of hydrogen-bond acceptors (Lipinski definition) is 3. The summed E-state index contributed by atoms with van der Waals surface area (Å²) in [6, 6.07) is 8.36. The van der Waals surface area contributed by atoms with Crippen LogP contribution in [0.15, 0.2) is 36.4 Å². The van der Waals surface area contributed by atoms with E-state index in [-0.39, 0.29) is 15.8 Å². The average Bonchev–Trinajstić information content (AvgIpc) is 2.43. The van der Waals surface area contributed by atoms with E-state index in [1.54, 1.807) is 0 Å². The van der Waals surface area contributed by atoms with Gasteiger partial charge in [-0.1, -0.05) is 23.2 Å². The Morgan fingerprint density at radius 2 is 1.50 bits per heavy atom. The minimum atomic E-state index is -4.90. The lowest BCUT2D eigenvalue weighted by molar-refractivity contribution is -0.274. The second-order valence-corrected chi connectivity index (χ2v) is 4.87. The van der Waals surface area contributed by atoms with Crippen molar-refractivity contribution in [3.05, 3.63) is 52.0 Å². The Morgan fingerprint density at radius 3 is 1.95 bits per heavy atom. The second-order valence-electron chi connectivity index (χ2n) is 4.05. The molecule has 22 heavy (non-hydrogen) atoms. The Labute approximate surface area is 133 Å². The van der Waals surface area contributed by atoms with Gasteiger partial charge in [-0.05, 0) is 24.3 Å². The van der Waals surface area contributed by atoms with Gasteiger partial charge in [-0.25, -0.2) is 0 Å². The molecule has 0 atom stereocenters. The lowest BCUT2D eigenvalue weighted by Crippen LogP contribution is -2.17. The maximum atomic E-state index is 12.2. The molecule has 2 aromatic rings. The largest absolute Gasteiger partial charge is 0.573 e. The van der Waals surface area contributed by atoms with Gasteiger partial charge in [0.2, 0.25) is 0 Å². The Morgan fingerprint density at radius 1 is 0.955 bits per heavy atom. The van der Waals surface area contributed by atoms with Crippen molar-refractivity contribution < 1.29 is 27.4 Å². The monoisotopic (exact) mass is 350 g/mol. The number of carbonyl (C=O) groups is 1. The Balaban J connectivity index is 2.24. The summed E-state index contributed by atoms with van der Waals surface area (Å²) >= 11 is 11.4. The number of rotatable bonds is 4. The molecule has 0 heterocycles. The summed E-state index contributed by atoms with van der Waals surface area (Å²) in [5.41, 5.74) is 0.456. The molecule has 0 unspecified atom stereocenters. The molecule has 2 aromatic carbocycles. The van der Waals surface area contributed by atoms with Gasteiger partial charge in [-0.15, -0.1) is 13.2 Å². The predicted molar refractivity (Wildman–Crippen MR) is 75.0 cm³/mol. The van der Waals surface area contributed by atoms with Crippen LogP contribution in [0.2, 0.25) is 10.0 Å². The van der Waals surface area contributed by atoms with Gasteiger partial charge in [0.15, 0.2) is 5.75 Å². The molecule has 0 radical (unpaired) electrons. The van der Waals surface area contributed by atoms with Crippen molar-refractivity contribution in [1.82, 2.24) is 0 Å². The van der Waals surface area contributed by atoms with Crippen molar-refractivity contribution in [3.63, 3.8) is 0 Å². The highest BCUT2D eigenvalue weighted by Crippen LogP contribution is 2.40. The predicted octanol–water partition coefficient (Wildman–Crippen LogP) is 5.50. The second kappa shape index (κ2) is 6.46. The van der Waals surface area contributed by atoms with Gasteiger partial charge in [0.25, 0.3) is 0 Å². The van der Waals surface area contributed by atoms with Crippen molar-refractivity contribution in [1.29, 1.82) is 0 Å². The minimum absolute atomic E-state index is 0.128. The summed E-state index contributed by atoms with van der Waals surface area (Å²) in [7, 11) is 0. The number of ether oxygens (including phenoxy) is 2. The minimum Gasteiger partial charge on any atom is -0.457 e. The molecule has 0 bridgehead atoms. The first-order valence-corrected chi connectivity index (χ1v) is 6.52. The highest BCUT2D eigenvalue weighted by molar-refractivity contribution is 6.37. The normalized spacial score (nSPS) is 11.1. The maximum Gasteiger partial charge on any atom is 0.573 e. The Hall–Kier alpha value is -1.92. The van der Waals surface area contributed by atoms with Crippen molar-refractivity contribution >= 4 is 29.5 Å². The molecule has 0 amide bonds. The highest BCUT2D eigenvalue weighted by atomic mass is 35.5. The summed E-state index contributed by atoms with van der Waals surface area (Å²) < 4.78 is 45.8.